The van der Waals surface area contributed by atoms with Gasteiger partial charge in [-0.25, -0.2) is 4.39 Å². The molecule has 0 atom stereocenters. The zero-order valence-corrected chi connectivity index (χ0v) is 9.19. The number of amides is 1. The fourth-order valence-corrected chi connectivity index (χ4v) is 1.85. The van der Waals surface area contributed by atoms with Gasteiger partial charge in [0.15, 0.2) is 0 Å². The van der Waals surface area contributed by atoms with Crippen molar-refractivity contribution >= 4 is 5.91 Å². The van der Waals surface area contributed by atoms with E-state index in [1.54, 1.807) is 4.90 Å². The van der Waals surface area contributed by atoms with Crippen LogP contribution in [0.15, 0.2) is 18.2 Å². The third-order valence-corrected chi connectivity index (χ3v) is 2.58. The van der Waals surface area contributed by atoms with Crippen molar-refractivity contribution in [2.24, 2.45) is 0 Å². The predicted molar refractivity (Wildman–Crippen MR) is 57.5 cm³/mol. The Morgan fingerprint density at radius 3 is 3.19 bits per heavy atom. The standard InChI is InChI=1S/C11H14FN3O/c1-9-7-10-8-14(5-6-15(10)13-9)11(16)3-2-4-12/h2-3,7H,4-6,8H2,1H3/b3-2+. The fourth-order valence-electron chi connectivity index (χ4n) is 1.85. The number of carbonyl (C=O) groups is 1. The van der Waals surface area contributed by atoms with E-state index in [4.69, 9.17) is 0 Å². The van der Waals surface area contributed by atoms with Gasteiger partial charge in [-0.05, 0) is 19.1 Å². The van der Waals surface area contributed by atoms with Gasteiger partial charge < -0.3 is 4.90 Å². The second-order valence-electron chi connectivity index (χ2n) is 3.82. The van der Waals surface area contributed by atoms with E-state index in [1.165, 1.54) is 12.2 Å². The van der Waals surface area contributed by atoms with Gasteiger partial charge in [0.1, 0.15) is 6.67 Å². The monoisotopic (exact) mass is 223 g/mol. The molecular weight excluding hydrogens is 209 g/mol. The van der Waals surface area contributed by atoms with E-state index in [1.807, 2.05) is 17.7 Å². The van der Waals surface area contributed by atoms with Crippen molar-refractivity contribution < 1.29 is 9.18 Å². The Morgan fingerprint density at radius 1 is 1.62 bits per heavy atom. The van der Waals surface area contributed by atoms with E-state index in [2.05, 4.69) is 5.10 Å². The largest absolute Gasteiger partial charge is 0.331 e. The third-order valence-electron chi connectivity index (χ3n) is 2.58. The minimum Gasteiger partial charge on any atom is -0.331 e. The molecule has 0 saturated carbocycles. The average molecular weight is 223 g/mol. The number of hydrogen-bond donors (Lipinski definition) is 0. The van der Waals surface area contributed by atoms with Gasteiger partial charge in [-0.15, -0.1) is 0 Å². The van der Waals surface area contributed by atoms with Crippen LogP contribution in [0.5, 0.6) is 0 Å². The molecule has 2 heterocycles. The maximum absolute atomic E-state index is 11.9. The van der Waals surface area contributed by atoms with Crippen LogP contribution in [0.25, 0.3) is 0 Å². The first-order valence-corrected chi connectivity index (χ1v) is 5.25. The van der Waals surface area contributed by atoms with Crippen LogP contribution in [-0.4, -0.2) is 33.8 Å². The second-order valence-corrected chi connectivity index (χ2v) is 3.82. The highest BCUT2D eigenvalue weighted by Gasteiger charge is 2.19. The molecule has 0 N–H and O–H groups in total. The minimum atomic E-state index is -0.601. The van der Waals surface area contributed by atoms with E-state index in [0.717, 1.165) is 11.4 Å². The number of hydrogen-bond acceptors (Lipinski definition) is 2. The molecule has 0 saturated heterocycles. The smallest absolute Gasteiger partial charge is 0.246 e. The maximum Gasteiger partial charge on any atom is 0.246 e. The van der Waals surface area contributed by atoms with Gasteiger partial charge in [-0.3, -0.25) is 9.48 Å². The van der Waals surface area contributed by atoms with Crippen molar-refractivity contribution in [2.45, 2.75) is 20.0 Å². The van der Waals surface area contributed by atoms with Gasteiger partial charge in [0.2, 0.25) is 5.91 Å². The van der Waals surface area contributed by atoms with Crippen molar-refractivity contribution in [3.8, 4) is 0 Å². The molecule has 1 aliphatic rings. The number of carbonyl (C=O) groups excluding carboxylic acids is 1. The lowest BCUT2D eigenvalue weighted by molar-refractivity contribution is -0.127. The summed E-state index contributed by atoms with van der Waals surface area (Å²) in [6, 6.07) is 1.97. The Hall–Kier alpha value is -1.65. The Bertz CT molecular complexity index is 425. The first-order valence-electron chi connectivity index (χ1n) is 5.25. The lowest BCUT2D eigenvalue weighted by Crippen LogP contribution is -2.37. The number of nitrogens with zero attached hydrogens (tertiary/aromatic N) is 3. The number of allylic oxidation sites excluding steroid dienone is 1. The van der Waals surface area contributed by atoms with Gasteiger partial charge in [0.05, 0.1) is 24.5 Å². The second kappa shape index (κ2) is 4.47. The molecule has 1 aromatic rings. The first kappa shape index (κ1) is 10.9. The molecule has 0 spiro atoms. The quantitative estimate of drug-likeness (QED) is 0.703. The van der Waals surface area contributed by atoms with Crippen LogP contribution in [0.3, 0.4) is 0 Å². The molecule has 0 bridgehead atoms. The molecule has 16 heavy (non-hydrogen) atoms. The summed E-state index contributed by atoms with van der Waals surface area (Å²) >= 11 is 0. The van der Waals surface area contributed by atoms with Crippen molar-refractivity contribution in [2.75, 3.05) is 13.2 Å². The average Bonchev–Trinajstić information content (AvgIpc) is 2.64. The predicted octanol–water partition coefficient (Wildman–Crippen LogP) is 1.06. The molecule has 1 aliphatic heterocycles. The summed E-state index contributed by atoms with van der Waals surface area (Å²) in [7, 11) is 0. The number of alkyl halides is 1. The zero-order chi connectivity index (χ0) is 11.5. The summed E-state index contributed by atoms with van der Waals surface area (Å²) in [5.74, 6) is -0.136. The van der Waals surface area contributed by atoms with Crippen molar-refractivity contribution in [1.29, 1.82) is 0 Å². The Morgan fingerprint density at radius 2 is 2.44 bits per heavy atom. The van der Waals surface area contributed by atoms with Crippen LogP contribution in [0.1, 0.15) is 11.4 Å². The van der Waals surface area contributed by atoms with Crippen LogP contribution in [0.2, 0.25) is 0 Å². The molecule has 4 nitrogen and oxygen atoms in total. The highest BCUT2D eigenvalue weighted by atomic mass is 19.1. The number of rotatable bonds is 2. The van der Waals surface area contributed by atoms with Gasteiger partial charge in [-0.2, -0.15) is 5.10 Å². The summed E-state index contributed by atoms with van der Waals surface area (Å²) < 4.78 is 13.8. The molecule has 0 aromatic carbocycles. The maximum atomic E-state index is 11.9. The number of aromatic nitrogens is 2. The van der Waals surface area contributed by atoms with E-state index in [9.17, 15) is 9.18 Å². The van der Waals surface area contributed by atoms with Gasteiger partial charge in [0, 0.05) is 12.6 Å². The van der Waals surface area contributed by atoms with Crippen molar-refractivity contribution in [3.63, 3.8) is 0 Å². The highest BCUT2D eigenvalue weighted by molar-refractivity contribution is 5.87. The number of fused-ring (bicyclic) bond motifs is 1. The van der Waals surface area contributed by atoms with E-state index in [0.29, 0.717) is 19.6 Å². The lowest BCUT2D eigenvalue weighted by atomic mass is 10.2. The van der Waals surface area contributed by atoms with E-state index < -0.39 is 6.67 Å². The van der Waals surface area contributed by atoms with Crippen LogP contribution in [0, 0.1) is 6.92 Å². The molecule has 0 aliphatic carbocycles. The Kier molecular flexibility index (Phi) is 3.03. The zero-order valence-electron chi connectivity index (χ0n) is 9.19. The molecule has 2 rings (SSSR count). The van der Waals surface area contributed by atoms with Crippen LogP contribution < -0.4 is 0 Å². The Balaban J connectivity index is 2.07. The highest BCUT2D eigenvalue weighted by Crippen LogP contribution is 2.13. The van der Waals surface area contributed by atoms with E-state index in [-0.39, 0.29) is 5.91 Å². The number of aryl methyl sites for hydroxylation is 1. The van der Waals surface area contributed by atoms with Crippen molar-refractivity contribution in [3.05, 3.63) is 29.6 Å². The van der Waals surface area contributed by atoms with Gasteiger partial charge in [0.25, 0.3) is 0 Å². The topological polar surface area (TPSA) is 38.1 Å². The molecule has 0 radical (unpaired) electrons. The summed E-state index contributed by atoms with van der Waals surface area (Å²) in [5, 5.41) is 4.31. The summed E-state index contributed by atoms with van der Waals surface area (Å²) in [5.41, 5.74) is 1.99. The third kappa shape index (κ3) is 2.13. The molecule has 0 fully saturated rings. The van der Waals surface area contributed by atoms with E-state index >= 15 is 0 Å². The summed E-state index contributed by atoms with van der Waals surface area (Å²) in [4.78, 5) is 13.3. The van der Waals surface area contributed by atoms with Gasteiger partial charge in [-0.1, -0.05) is 0 Å². The van der Waals surface area contributed by atoms with Crippen LogP contribution in [0.4, 0.5) is 4.39 Å². The normalized spacial score (nSPS) is 15.5. The van der Waals surface area contributed by atoms with Crippen LogP contribution >= 0.6 is 0 Å². The summed E-state index contributed by atoms with van der Waals surface area (Å²) in [6.07, 6.45) is 2.53. The molecule has 86 valence electrons. The number of halogens is 1. The Labute approximate surface area is 93.3 Å². The molecule has 1 amide bonds. The lowest BCUT2D eigenvalue weighted by Gasteiger charge is -2.26. The molecule has 1 aromatic heterocycles. The van der Waals surface area contributed by atoms with Crippen LogP contribution in [-0.2, 0) is 17.9 Å². The fraction of sp³-hybridized carbons (Fsp3) is 0.455. The SMILES string of the molecule is Cc1cc2n(n1)CCN(C(=O)/C=C/CF)C2. The summed E-state index contributed by atoms with van der Waals surface area (Å²) in [6.45, 7) is 3.22. The molecular formula is C11H14FN3O. The molecule has 5 heteroatoms. The first-order chi connectivity index (χ1) is 7.70. The minimum absolute atomic E-state index is 0.136. The van der Waals surface area contributed by atoms with Gasteiger partial charge >= 0.3 is 0 Å². The van der Waals surface area contributed by atoms with Crippen molar-refractivity contribution in [1.82, 2.24) is 14.7 Å². The molecule has 0 unspecified atom stereocenters.